The van der Waals surface area contributed by atoms with Crippen molar-refractivity contribution in [1.82, 2.24) is 4.98 Å². The van der Waals surface area contributed by atoms with E-state index in [-0.39, 0.29) is 11.7 Å². The van der Waals surface area contributed by atoms with E-state index in [4.69, 9.17) is 0 Å². The van der Waals surface area contributed by atoms with Crippen molar-refractivity contribution in [2.24, 2.45) is 0 Å². The van der Waals surface area contributed by atoms with E-state index in [2.05, 4.69) is 10.3 Å². The maximum absolute atomic E-state index is 12.9. The number of anilines is 2. The first-order valence-electron chi connectivity index (χ1n) is 6.35. The number of aromatic nitrogens is 1. The monoisotopic (exact) mass is 273 g/mol. The summed E-state index contributed by atoms with van der Waals surface area (Å²) in [6.07, 6.45) is 1.59. The highest BCUT2D eigenvalue weighted by molar-refractivity contribution is 6.04. The van der Waals surface area contributed by atoms with E-state index in [1.54, 1.807) is 37.5 Å². The number of hydrogen-bond donors (Lipinski definition) is 1. The lowest BCUT2D eigenvalue weighted by atomic mass is 10.2. The van der Waals surface area contributed by atoms with Gasteiger partial charge in [-0.15, -0.1) is 0 Å². The van der Waals surface area contributed by atoms with E-state index >= 15 is 0 Å². The first kappa shape index (κ1) is 14.0. The minimum Gasteiger partial charge on any atom is -0.385 e. The van der Waals surface area contributed by atoms with Gasteiger partial charge in [0.1, 0.15) is 11.5 Å². The number of pyridine rings is 1. The highest BCUT2D eigenvalue weighted by atomic mass is 19.1. The number of rotatable bonds is 4. The Morgan fingerprint density at radius 1 is 1.30 bits per heavy atom. The van der Waals surface area contributed by atoms with Gasteiger partial charge >= 0.3 is 0 Å². The summed E-state index contributed by atoms with van der Waals surface area (Å²) >= 11 is 0. The van der Waals surface area contributed by atoms with Gasteiger partial charge in [-0.05, 0) is 43.3 Å². The SMILES string of the molecule is CCNc1ccnc(C(=O)N(C)c2ccc(F)cc2)c1. The predicted octanol–water partition coefficient (Wildman–Crippen LogP) is 2.93. The highest BCUT2D eigenvalue weighted by Gasteiger charge is 2.15. The van der Waals surface area contributed by atoms with Crippen molar-refractivity contribution in [3.8, 4) is 0 Å². The summed E-state index contributed by atoms with van der Waals surface area (Å²) in [7, 11) is 1.64. The molecule has 1 N–H and O–H groups in total. The molecule has 0 aliphatic carbocycles. The molecule has 0 fully saturated rings. The zero-order valence-corrected chi connectivity index (χ0v) is 11.4. The molecule has 0 aliphatic rings. The van der Waals surface area contributed by atoms with Gasteiger partial charge in [0, 0.05) is 31.2 Å². The standard InChI is InChI=1S/C15H16FN3O/c1-3-17-12-8-9-18-14(10-12)15(20)19(2)13-6-4-11(16)5-7-13/h4-10H,3H2,1-2H3,(H,17,18). The van der Waals surface area contributed by atoms with Crippen LogP contribution in [0.25, 0.3) is 0 Å². The summed E-state index contributed by atoms with van der Waals surface area (Å²) in [4.78, 5) is 17.9. The number of halogens is 1. The topological polar surface area (TPSA) is 45.2 Å². The number of nitrogens with zero attached hydrogens (tertiary/aromatic N) is 2. The molecule has 0 aliphatic heterocycles. The largest absolute Gasteiger partial charge is 0.385 e. The maximum atomic E-state index is 12.9. The summed E-state index contributed by atoms with van der Waals surface area (Å²) in [6.45, 7) is 2.75. The van der Waals surface area contributed by atoms with Crippen LogP contribution in [0.4, 0.5) is 15.8 Å². The molecule has 2 rings (SSSR count). The van der Waals surface area contributed by atoms with Crippen LogP contribution in [0.1, 0.15) is 17.4 Å². The van der Waals surface area contributed by atoms with E-state index in [1.165, 1.54) is 17.0 Å². The number of nitrogens with one attached hydrogen (secondary N) is 1. The average molecular weight is 273 g/mol. The van der Waals surface area contributed by atoms with Crippen LogP contribution in [-0.4, -0.2) is 24.5 Å². The normalized spacial score (nSPS) is 10.2. The van der Waals surface area contributed by atoms with Crippen LogP contribution >= 0.6 is 0 Å². The Balaban J connectivity index is 2.21. The van der Waals surface area contributed by atoms with E-state index in [0.29, 0.717) is 11.4 Å². The second kappa shape index (κ2) is 6.14. The van der Waals surface area contributed by atoms with Crippen LogP contribution in [0, 0.1) is 5.82 Å². The molecule has 0 atom stereocenters. The molecule has 4 nitrogen and oxygen atoms in total. The van der Waals surface area contributed by atoms with Crippen LogP contribution in [0.15, 0.2) is 42.6 Å². The van der Waals surface area contributed by atoms with E-state index in [1.807, 2.05) is 6.92 Å². The number of hydrogen-bond acceptors (Lipinski definition) is 3. The van der Waals surface area contributed by atoms with Gasteiger partial charge in [0.05, 0.1) is 0 Å². The highest BCUT2D eigenvalue weighted by Crippen LogP contribution is 2.16. The maximum Gasteiger partial charge on any atom is 0.276 e. The van der Waals surface area contributed by atoms with Gasteiger partial charge in [0.15, 0.2) is 0 Å². The van der Waals surface area contributed by atoms with Crippen molar-refractivity contribution >= 4 is 17.3 Å². The summed E-state index contributed by atoms with van der Waals surface area (Å²) in [5.74, 6) is -0.571. The van der Waals surface area contributed by atoms with Crippen LogP contribution in [0.2, 0.25) is 0 Å². The Hall–Kier alpha value is -2.43. The van der Waals surface area contributed by atoms with Gasteiger partial charge in [0.2, 0.25) is 0 Å². The zero-order valence-electron chi connectivity index (χ0n) is 11.4. The molecule has 0 bridgehead atoms. The van der Waals surface area contributed by atoms with Crippen LogP contribution in [0.3, 0.4) is 0 Å². The van der Waals surface area contributed by atoms with Gasteiger partial charge < -0.3 is 10.2 Å². The Morgan fingerprint density at radius 3 is 2.65 bits per heavy atom. The van der Waals surface area contributed by atoms with Crippen LogP contribution in [-0.2, 0) is 0 Å². The number of carbonyl (C=O) groups is 1. The first-order chi connectivity index (χ1) is 9.61. The van der Waals surface area contributed by atoms with E-state index in [0.717, 1.165) is 12.2 Å². The minimum absolute atomic E-state index is 0.239. The Bertz CT molecular complexity index is 598. The van der Waals surface area contributed by atoms with Crippen LogP contribution < -0.4 is 10.2 Å². The molecular weight excluding hydrogens is 257 g/mol. The Kier molecular flexibility index (Phi) is 4.30. The van der Waals surface area contributed by atoms with Crippen molar-refractivity contribution in [1.29, 1.82) is 0 Å². The third-order valence-electron chi connectivity index (χ3n) is 2.88. The molecule has 0 unspecified atom stereocenters. The lowest BCUT2D eigenvalue weighted by molar-refractivity contribution is 0.0988. The predicted molar refractivity (Wildman–Crippen MR) is 77.5 cm³/mol. The van der Waals surface area contributed by atoms with Crippen LogP contribution in [0.5, 0.6) is 0 Å². The van der Waals surface area contributed by atoms with E-state index < -0.39 is 0 Å². The van der Waals surface area contributed by atoms with Gasteiger partial charge in [-0.2, -0.15) is 0 Å². The van der Waals surface area contributed by atoms with Crippen molar-refractivity contribution in [3.63, 3.8) is 0 Å². The van der Waals surface area contributed by atoms with Gasteiger partial charge in [-0.1, -0.05) is 0 Å². The van der Waals surface area contributed by atoms with Gasteiger partial charge in [0.25, 0.3) is 5.91 Å². The summed E-state index contributed by atoms with van der Waals surface area (Å²) in [6, 6.07) is 9.26. The Morgan fingerprint density at radius 2 is 2.00 bits per heavy atom. The fourth-order valence-corrected chi connectivity index (χ4v) is 1.82. The van der Waals surface area contributed by atoms with E-state index in [9.17, 15) is 9.18 Å². The summed E-state index contributed by atoms with van der Waals surface area (Å²) in [5, 5.41) is 3.13. The van der Waals surface area contributed by atoms with Crippen molar-refractivity contribution < 1.29 is 9.18 Å². The smallest absolute Gasteiger partial charge is 0.276 e. The molecule has 1 amide bonds. The molecule has 0 spiro atoms. The molecule has 20 heavy (non-hydrogen) atoms. The van der Waals surface area contributed by atoms with Crippen molar-refractivity contribution in [2.45, 2.75) is 6.92 Å². The number of benzene rings is 1. The molecule has 0 radical (unpaired) electrons. The van der Waals surface area contributed by atoms with Gasteiger partial charge in [-0.3, -0.25) is 9.78 Å². The molecule has 2 aromatic rings. The molecule has 1 aromatic carbocycles. The molecule has 0 saturated carbocycles. The fourth-order valence-electron chi connectivity index (χ4n) is 1.82. The molecule has 0 saturated heterocycles. The minimum atomic E-state index is -0.332. The third kappa shape index (κ3) is 3.12. The average Bonchev–Trinajstić information content (AvgIpc) is 2.47. The lowest BCUT2D eigenvalue weighted by Crippen LogP contribution is -2.27. The molecular formula is C15H16FN3O. The fraction of sp³-hybridized carbons (Fsp3) is 0.200. The third-order valence-corrected chi connectivity index (χ3v) is 2.88. The van der Waals surface area contributed by atoms with Crippen molar-refractivity contribution in [3.05, 3.63) is 54.1 Å². The zero-order chi connectivity index (χ0) is 14.5. The number of carbonyl (C=O) groups excluding carboxylic acids is 1. The van der Waals surface area contributed by atoms with Gasteiger partial charge in [-0.25, -0.2) is 4.39 Å². The lowest BCUT2D eigenvalue weighted by Gasteiger charge is -2.17. The van der Waals surface area contributed by atoms with Crippen molar-refractivity contribution in [2.75, 3.05) is 23.8 Å². The summed E-state index contributed by atoms with van der Waals surface area (Å²) in [5.41, 5.74) is 1.81. The number of amides is 1. The second-order valence-corrected chi connectivity index (χ2v) is 4.30. The quantitative estimate of drug-likeness (QED) is 0.931. The molecule has 104 valence electrons. The second-order valence-electron chi connectivity index (χ2n) is 4.30. The molecule has 1 aromatic heterocycles. The molecule has 5 heteroatoms. The Labute approximate surface area is 117 Å². The molecule has 1 heterocycles. The summed E-state index contributed by atoms with van der Waals surface area (Å²) < 4.78 is 12.9. The first-order valence-corrected chi connectivity index (χ1v) is 6.35.